The van der Waals surface area contributed by atoms with Crippen LogP contribution in [0.4, 0.5) is 0 Å². The topological polar surface area (TPSA) is 75.8 Å². The number of nitrogens with zero attached hydrogens (tertiary/aromatic N) is 1. The highest BCUT2D eigenvalue weighted by atomic mass is 16.5. The highest BCUT2D eigenvalue weighted by Gasteiger charge is 2.33. The summed E-state index contributed by atoms with van der Waals surface area (Å²) in [6, 6.07) is 0.191. The van der Waals surface area contributed by atoms with Crippen LogP contribution in [0, 0.1) is 5.92 Å². The van der Waals surface area contributed by atoms with E-state index >= 15 is 0 Å². The summed E-state index contributed by atoms with van der Waals surface area (Å²) in [6.45, 7) is 6.43. The summed E-state index contributed by atoms with van der Waals surface area (Å²) in [7, 11) is 1.73. The maximum absolute atomic E-state index is 11.0. The molecule has 1 aliphatic heterocycles. The molecule has 0 aromatic rings. The van der Waals surface area contributed by atoms with Gasteiger partial charge in [-0.15, -0.1) is 0 Å². The van der Waals surface area contributed by atoms with Gasteiger partial charge in [0.25, 0.3) is 0 Å². The first kappa shape index (κ1) is 15.4. The second-order valence-electron chi connectivity index (χ2n) is 5.73. The summed E-state index contributed by atoms with van der Waals surface area (Å²) in [5.41, 5.74) is 4.66. The Balaban J connectivity index is 2.50. The van der Waals surface area contributed by atoms with Crippen LogP contribution in [-0.2, 0) is 9.53 Å². The highest BCUT2D eigenvalue weighted by molar-refractivity contribution is 5.77. The largest absolute Gasteiger partial charge is 0.480 e. The van der Waals surface area contributed by atoms with Gasteiger partial charge in [-0.25, -0.2) is 0 Å². The van der Waals surface area contributed by atoms with E-state index in [1.54, 1.807) is 14.0 Å². The van der Waals surface area contributed by atoms with Crippen molar-refractivity contribution < 1.29 is 14.6 Å². The third-order valence-electron chi connectivity index (χ3n) is 3.78. The zero-order valence-electron chi connectivity index (χ0n) is 11.7. The number of hydrogen-bond acceptors (Lipinski definition) is 4. The van der Waals surface area contributed by atoms with Crippen LogP contribution in [0.5, 0.6) is 0 Å². The van der Waals surface area contributed by atoms with Crippen molar-refractivity contribution in [3.8, 4) is 0 Å². The molecule has 106 valence electrons. The van der Waals surface area contributed by atoms with Gasteiger partial charge in [0.15, 0.2) is 0 Å². The van der Waals surface area contributed by atoms with Crippen LogP contribution >= 0.6 is 0 Å². The minimum absolute atomic E-state index is 0.191. The molecule has 18 heavy (non-hydrogen) atoms. The molecule has 0 amide bonds. The van der Waals surface area contributed by atoms with Crippen LogP contribution in [0.15, 0.2) is 0 Å². The first-order valence-corrected chi connectivity index (χ1v) is 6.62. The van der Waals surface area contributed by atoms with Gasteiger partial charge < -0.3 is 20.5 Å². The third kappa shape index (κ3) is 4.23. The van der Waals surface area contributed by atoms with Crippen molar-refractivity contribution in [1.29, 1.82) is 0 Å². The molecule has 5 heteroatoms. The lowest BCUT2D eigenvalue weighted by atomic mass is 9.91. The Labute approximate surface area is 109 Å². The molecule has 0 spiro atoms. The normalized spacial score (nSPS) is 26.6. The molecule has 0 radical (unpaired) electrons. The molecule has 3 unspecified atom stereocenters. The van der Waals surface area contributed by atoms with E-state index in [2.05, 4.69) is 11.8 Å². The van der Waals surface area contributed by atoms with Crippen LogP contribution in [0.25, 0.3) is 0 Å². The Kier molecular flexibility index (Phi) is 5.56. The zero-order chi connectivity index (χ0) is 13.8. The van der Waals surface area contributed by atoms with Crippen LogP contribution in [0.1, 0.15) is 33.1 Å². The second-order valence-corrected chi connectivity index (χ2v) is 5.73. The predicted molar refractivity (Wildman–Crippen MR) is 70.5 cm³/mol. The highest BCUT2D eigenvalue weighted by Crippen LogP contribution is 2.22. The van der Waals surface area contributed by atoms with E-state index in [0.717, 1.165) is 26.1 Å². The van der Waals surface area contributed by atoms with Gasteiger partial charge in [-0.2, -0.15) is 0 Å². The van der Waals surface area contributed by atoms with Crippen molar-refractivity contribution in [2.75, 3.05) is 26.8 Å². The molecule has 3 N–H and O–H groups in total. The summed E-state index contributed by atoms with van der Waals surface area (Å²) in [5, 5.41) is 9.06. The lowest BCUT2D eigenvalue weighted by Gasteiger charge is -2.38. The van der Waals surface area contributed by atoms with Gasteiger partial charge in [0, 0.05) is 19.7 Å². The Morgan fingerprint density at radius 1 is 1.67 bits per heavy atom. The Bertz CT molecular complexity index is 279. The minimum Gasteiger partial charge on any atom is -0.480 e. The smallest absolute Gasteiger partial charge is 0.323 e. The maximum Gasteiger partial charge on any atom is 0.323 e. The summed E-state index contributed by atoms with van der Waals surface area (Å²) < 4.78 is 5.20. The lowest BCUT2D eigenvalue weighted by Crippen LogP contribution is -2.52. The molecule has 0 aromatic carbocycles. The van der Waals surface area contributed by atoms with E-state index in [4.69, 9.17) is 15.6 Å². The standard InChI is InChI=1S/C13H26N2O3/c1-10(7-13(2,14)12(16)17)15-6-4-5-11(8-15)9-18-3/h10-11H,4-9,14H2,1-3H3,(H,16,17). The Morgan fingerprint density at radius 3 is 2.89 bits per heavy atom. The third-order valence-corrected chi connectivity index (χ3v) is 3.78. The van der Waals surface area contributed by atoms with Crippen molar-refractivity contribution in [2.24, 2.45) is 11.7 Å². The van der Waals surface area contributed by atoms with Crippen molar-refractivity contribution in [3.05, 3.63) is 0 Å². The van der Waals surface area contributed by atoms with Crippen LogP contribution in [0.3, 0.4) is 0 Å². The fourth-order valence-corrected chi connectivity index (χ4v) is 2.70. The fourth-order valence-electron chi connectivity index (χ4n) is 2.70. The average molecular weight is 258 g/mol. The van der Waals surface area contributed by atoms with Gasteiger partial charge >= 0.3 is 5.97 Å². The van der Waals surface area contributed by atoms with Crippen molar-refractivity contribution in [1.82, 2.24) is 4.90 Å². The van der Waals surface area contributed by atoms with E-state index in [1.165, 1.54) is 6.42 Å². The van der Waals surface area contributed by atoms with Gasteiger partial charge in [0.2, 0.25) is 0 Å². The molecule has 0 aromatic heterocycles. The Hall–Kier alpha value is -0.650. The molecule has 1 fully saturated rings. The van der Waals surface area contributed by atoms with E-state index in [1.807, 2.05) is 0 Å². The van der Waals surface area contributed by atoms with Crippen molar-refractivity contribution in [3.63, 3.8) is 0 Å². The first-order chi connectivity index (χ1) is 8.36. The zero-order valence-corrected chi connectivity index (χ0v) is 11.7. The van der Waals surface area contributed by atoms with Gasteiger partial charge in [-0.3, -0.25) is 4.79 Å². The number of ether oxygens (including phenoxy) is 1. The summed E-state index contributed by atoms with van der Waals surface area (Å²) >= 11 is 0. The van der Waals surface area contributed by atoms with Gasteiger partial charge in [0.05, 0.1) is 6.61 Å². The number of piperidine rings is 1. The number of hydrogen-bond donors (Lipinski definition) is 2. The summed E-state index contributed by atoms with van der Waals surface area (Å²) in [6.07, 6.45) is 2.81. The maximum atomic E-state index is 11.0. The fraction of sp³-hybridized carbons (Fsp3) is 0.923. The quantitative estimate of drug-likeness (QED) is 0.741. The van der Waals surface area contributed by atoms with Crippen molar-refractivity contribution >= 4 is 5.97 Å². The minimum atomic E-state index is -1.15. The molecular formula is C13H26N2O3. The Morgan fingerprint density at radius 2 is 2.33 bits per heavy atom. The molecule has 0 aliphatic carbocycles. The van der Waals surface area contributed by atoms with E-state index in [-0.39, 0.29) is 6.04 Å². The lowest BCUT2D eigenvalue weighted by molar-refractivity contribution is -0.143. The first-order valence-electron chi connectivity index (χ1n) is 6.62. The van der Waals surface area contributed by atoms with Crippen LogP contribution in [0.2, 0.25) is 0 Å². The molecule has 1 aliphatic rings. The van der Waals surface area contributed by atoms with E-state index in [9.17, 15) is 4.79 Å². The number of carboxylic acid groups (broad SMARTS) is 1. The number of nitrogens with two attached hydrogens (primary N) is 1. The SMILES string of the molecule is COCC1CCCN(C(C)CC(C)(N)C(=O)O)C1. The molecule has 0 bridgehead atoms. The molecule has 1 rings (SSSR count). The number of carboxylic acids is 1. The number of aliphatic carboxylic acids is 1. The molecule has 0 saturated carbocycles. The number of rotatable bonds is 6. The molecule has 1 saturated heterocycles. The van der Waals surface area contributed by atoms with E-state index < -0.39 is 11.5 Å². The van der Waals surface area contributed by atoms with E-state index in [0.29, 0.717) is 12.3 Å². The molecule has 1 heterocycles. The summed E-state index contributed by atoms with van der Waals surface area (Å²) in [4.78, 5) is 13.4. The van der Waals surface area contributed by atoms with Crippen molar-refractivity contribution in [2.45, 2.75) is 44.7 Å². The number of likely N-dealkylation sites (tertiary alicyclic amines) is 1. The van der Waals surface area contributed by atoms with Gasteiger partial charge in [-0.1, -0.05) is 0 Å². The molecular weight excluding hydrogens is 232 g/mol. The summed E-state index contributed by atoms with van der Waals surface area (Å²) in [5.74, 6) is -0.375. The van der Waals surface area contributed by atoms with Crippen LogP contribution < -0.4 is 5.73 Å². The number of methoxy groups -OCH3 is 1. The predicted octanol–water partition coefficient (Wildman–Crippen LogP) is 0.925. The van der Waals surface area contributed by atoms with Gasteiger partial charge in [0.1, 0.15) is 5.54 Å². The molecule has 3 atom stereocenters. The molecule has 5 nitrogen and oxygen atoms in total. The van der Waals surface area contributed by atoms with Gasteiger partial charge in [-0.05, 0) is 45.6 Å². The monoisotopic (exact) mass is 258 g/mol. The van der Waals surface area contributed by atoms with Crippen LogP contribution in [-0.4, -0.2) is 54.4 Å². The second kappa shape index (κ2) is 6.50. The average Bonchev–Trinajstić information content (AvgIpc) is 2.29. The number of carbonyl (C=O) groups is 1.